The molecule has 3 rings (SSSR count). The molecule has 1 aliphatic rings. The Kier molecular flexibility index (Phi) is 3.18. The van der Waals surface area contributed by atoms with Gasteiger partial charge in [-0.15, -0.1) is 0 Å². The number of imide groups is 1. The summed E-state index contributed by atoms with van der Waals surface area (Å²) in [6, 6.07) is 2.59. The highest BCUT2D eigenvalue weighted by Crippen LogP contribution is 2.29. The van der Waals surface area contributed by atoms with Crippen molar-refractivity contribution in [2.45, 2.75) is 6.92 Å². The van der Waals surface area contributed by atoms with Gasteiger partial charge in [-0.2, -0.15) is 0 Å². The number of hydrogen-bond donors (Lipinski definition) is 2. The Bertz CT molecular complexity index is 1010. The van der Waals surface area contributed by atoms with E-state index >= 15 is 0 Å². The third-order valence-corrected chi connectivity index (χ3v) is 3.65. The monoisotopic (exact) mass is 332 g/mol. The fourth-order valence-corrected chi connectivity index (χ4v) is 2.51. The quantitative estimate of drug-likeness (QED) is 0.471. The molecule has 1 aromatic heterocycles. The number of rotatable bonds is 2. The van der Waals surface area contributed by atoms with Crippen LogP contribution in [-0.4, -0.2) is 21.3 Å². The molecular formula is C14H9FN4O5. The standard InChI is InChI=1S/C14H9FN4O5/c1-5-2-8(9(19(23)24)4-7(5)15)18-10(20)3-6-11(12(18)16)14(22)17-13(6)21/h2-4H,16H2,1H3,(H,17,21,22). The van der Waals surface area contributed by atoms with Crippen LogP contribution in [0.3, 0.4) is 0 Å². The molecule has 122 valence electrons. The van der Waals surface area contributed by atoms with Crippen molar-refractivity contribution in [1.29, 1.82) is 0 Å². The van der Waals surface area contributed by atoms with Crippen LogP contribution in [0.1, 0.15) is 26.3 Å². The van der Waals surface area contributed by atoms with Crippen molar-refractivity contribution in [3.05, 3.63) is 61.2 Å². The van der Waals surface area contributed by atoms with Crippen molar-refractivity contribution < 1.29 is 18.9 Å². The maximum atomic E-state index is 13.6. The molecule has 0 saturated heterocycles. The molecule has 10 heteroatoms. The van der Waals surface area contributed by atoms with E-state index in [1.54, 1.807) is 0 Å². The largest absolute Gasteiger partial charge is 0.384 e. The predicted octanol–water partition coefficient (Wildman–Crippen LogP) is 0.659. The van der Waals surface area contributed by atoms with Crippen LogP contribution in [0.4, 0.5) is 15.9 Å². The fraction of sp³-hybridized carbons (Fsp3) is 0.0714. The SMILES string of the molecule is Cc1cc(-n2c(N)c3c(cc2=O)C(=O)NC3=O)c([N+](=O)[O-])cc1F. The minimum absolute atomic E-state index is 0.0444. The van der Waals surface area contributed by atoms with Gasteiger partial charge in [0.25, 0.3) is 23.1 Å². The number of amides is 2. The van der Waals surface area contributed by atoms with Crippen molar-refractivity contribution in [2.75, 3.05) is 5.73 Å². The first-order valence-corrected chi connectivity index (χ1v) is 6.58. The molecule has 0 unspecified atom stereocenters. The first kappa shape index (κ1) is 15.3. The van der Waals surface area contributed by atoms with E-state index in [-0.39, 0.29) is 22.4 Å². The van der Waals surface area contributed by atoms with Crippen LogP contribution < -0.4 is 16.6 Å². The number of aryl methyl sites for hydroxylation is 1. The summed E-state index contributed by atoms with van der Waals surface area (Å²) in [6.07, 6.45) is 0. The maximum Gasteiger partial charge on any atom is 0.296 e. The molecule has 0 saturated carbocycles. The molecule has 3 N–H and O–H groups in total. The van der Waals surface area contributed by atoms with Crippen LogP contribution in [0, 0.1) is 22.9 Å². The molecule has 0 bridgehead atoms. The number of nitro benzene ring substituents is 1. The number of anilines is 1. The summed E-state index contributed by atoms with van der Waals surface area (Å²) in [4.78, 5) is 46.0. The van der Waals surface area contributed by atoms with Crippen LogP contribution in [0.2, 0.25) is 0 Å². The van der Waals surface area contributed by atoms with Gasteiger partial charge in [-0.1, -0.05) is 0 Å². The molecule has 24 heavy (non-hydrogen) atoms. The highest BCUT2D eigenvalue weighted by Gasteiger charge is 2.33. The number of nitro groups is 1. The van der Waals surface area contributed by atoms with Gasteiger partial charge in [0, 0.05) is 6.07 Å². The number of nitrogens with one attached hydrogen (secondary N) is 1. The lowest BCUT2D eigenvalue weighted by Crippen LogP contribution is -2.25. The summed E-state index contributed by atoms with van der Waals surface area (Å²) in [5, 5.41) is 13.2. The lowest BCUT2D eigenvalue weighted by molar-refractivity contribution is -0.384. The molecule has 2 aromatic rings. The Morgan fingerprint density at radius 2 is 1.88 bits per heavy atom. The van der Waals surface area contributed by atoms with Gasteiger partial charge in [0.05, 0.1) is 22.1 Å². The number of hydrogen-bond acceptors (Lipinski definition) is 6. The zero-order chi connectivity index (χ0) is 17.8. The third kappa shape index (κ3) is 2.04. The van der Waals surface area contributed by atoms with E-state index in [0.717, 1.165) is 12.1 Å². The zero-order valence-electron chi connectivity index (χ0n) is 12.1. The first-order chi connectivity index (χ1) is 11.2. The van der Waals surface area contributed by atoms with E-state index in [1.807, 2.05) is 5.32 Å². The minimum Gasteiger partial charge on any atom is -0.384 e. The normalized spacial score (nSPS) is 12.9. The van der Waals surface area contributed by atoms with Gasteiger partial charge < -0.3 is 5.73 Å². The van der Waals surface area contributed by atoms with Crippen molar-refractivity contribution in [3.63, 3.8) is 0 Å². The van der Waals surface area contributed by atoms with E-state index < -0.39 is 39.6 Å². The number of carbonyl (C=O) groups excluding carboxylic acids is 2. The highest BCUT2D eigenvalue weighted by atomic mass is 19.1. The first-order valence-electron chi connectivity index (χ1n) is 6.58. The molecule has 0 aliphatic carbocycles. The Morgan fingerprint density at radius 1 is 1.21 bits per heavy atom. The molecular weight excluding hydrogens is 323 g/mol. The molecule has 9 nitrogen and oxygen atoms in total. The number of aromatic nitrogens is 1. The second-order valence-corrected chi connectivity index (χ2v) is 5.12. The lowest BCUT2D eigenvalue weighted by atomic mass is 10.1. The van der Waals surface area contributed by atoms with E-state index in [0.29, 0.717) is 10.6 Å². The van der Waals surface area contributed by atoms with Crippen LogP contribution in [0.25, 0.3) is 5.69 Å². The van der Waals surface area contributed by atoms with Gasteiger partial charge >= 0.3 is 0 Å². The van der Waals surface area contributed by atoms with Crippen LogP contribution >= 0.6 is 0 Å². The smallest absolute Gasteiger partial charge is 0.296 e. The van der Waals surface area contributed by atoms with Crippen molar-refractivity contribution in [2.24, 2.45) is 0 Å². The molecule has 0 radical (unpaired) electrons. The second-order valence-electron chi connectivity index (χ2n) is 5.12. The molecule has 2 heterocycles. The Hall–Kier alpha value is -3.56. The maximum absolute atomic E-state index is 13.6. The van der Waals surface area contributed by atoms with E-state index in [9.17, 15) is 28.9 Å². The van der Waals surface area contributed by atoms with Crippen LogP contribution in [-0.2, 0) is 0 Å². The van der Waals surface area contributed by atoms with Gasteiger partial charge in [0.2, 0.25) is 0 Å². The number of halogens is 1. The van der Waals surface area contributed by atoms with Gasteiger partial charge in [-0.25, -0.2) is 4.39 Å². The van der Waals surface area contributed by atoms with E-state index in [2.05, 4.69) is 0 Å². The molecule has 2 amide bonds. The van der Waals surface area contributed by atoms with Crippen molar-refractivity contribution in [3.8, 4) is 5.69 Å². The van der Waals surface area contributed by atoms with Crippen molar-refractivity contribution in [1.82, 2.24) is 9.88 Å². The minimum atomic E-state index is -0.873. The molecule has 0 spiro atoms. The van der Waals surface area contributed by atoms with Crippen LogP contribution in [0.5, 0.6) is 0 Å². The van der Waals surface area contributed by atoms with Gasteiger partial charge in [-0.3, -0.25) is 34.4 Å². The highest BCUT2D eigenvalue weighted by molar-refractivity contribution is 6.23. The summed E-state index contributed by atoms with van der Waals surface area (Å²) >= 11 is 0. The Morgan fingerprint density at radius 3 is 2.50 bits per heavy atom. The Balaban J connectivity index is 2.41. The fourth-order valence-electron chi connectivity index (χ4n) is 2.51. The number of nitrogen functional groups attached to an aromatic ring is 1. The lowest BCUT2D eigenvalue weighted by Gasteiger charge is -2.13. The summed E-state index contributed by atoms with van der Waals surface area (Å²) in [5.41, 5.74) is 3.54. The third-order valence-electron chi connectivity index (χ3n) is 3.65. The number of benzene rings is 1. The van der Waals surface area contributed by atoms with E-state index in [1.165, 1.54) is 6.92 Å². The second kappa shape index (κ2) is 4.98. The number of pyridine rings is 1. The van der Waals surface area contributed by atoms with Crippen molar-refractivity contribution >= 4 is 23.3 Å². The summed E-state index contributed by atoms with van der Waals surface area (Å²) in [7, 11) is 0. The molecule has 0 atom stereocenters. The average molecular weight is 332 g/mol. The number of nitrogens with zero attached hydrogens (tertiary/aromatic N) is 2. The number of fused-ring (bicyclic) bond motifs is 1. The van der Waals surface area contributed by atoms with Crippen LogP contribution in [0.15, 0.2) is 23.0 Å². The Labute approximate surface area is 132 Å². The number of nitrogens with two attached hydrogens (primary N) is 1. The van der Waals surface area contributed by atoms with Gasteiger partial charge in [0.1, 0.15) is 17.3 Å². The average Bonchev–Trinajstić information content (AvgIpc) is 2.76. The predicted molar refractivity (Wildman–Crippen MR) is 79.6 cm³/mol. The van der Waals surface area contributed by atoms with Gasteiger partial charge in [0.15, 0.2) is 0 Å². The van der Waals surface area contributed by atoms with Gasteiger partial charge in [-0.05, 0) is 18.6 Å². The summed E-state index contributed by atoms with van der Waals surface area (Å²) in [6.45, 7) is 1.35. The summed E-state index contributed by atoms with van der Waals surface area (Å²) < 4.78 is 14.3. The molecule has 1 aliphatic heterocycles. The topological polar surface area (TPSA) is 137 Å². The number of carbonyl (C=O) groups is 2. The zero-order valence-corrected chi connectivity index (χ0v) is 12.1. The molecule has 1 aromatic carbocycles. The summed E-state index contributed by atoms with van der Waals surface area (Å²) in [5.74, 6) is -2.86. The van der Waals surface area contributed by atoms with E-state index in [4.69, 9.17) is 5.73 Å². The molecule has 0 fully saturated rings.